The van der Waals surface area contributed by atoms with E-state index in [1.807, 2.05) is 0 Å². The zero-order valence-electron chi connectivity index (χ0n) is 10.7. The summed E-state index contributed by atoms with van der Waals surface area (Å²) in [5.41, 5.74) is 6.90. The Hall–Kier alpha value is -1.39. The molecule has 0 radical (unpaired) electrons. The van der Waals surface area contributed by atoms with Crippen molar-refractivity contribution >= 4 is 11.6 Å². The first-order chi connectivity index (χ1) is 9.11. The summed E-state index contributed by atoms with van der Waals surface area (Å²) >= 11 is 5.67. The number of halogens is 2. The quantitative estimate of drug-likeness (QED) is 0.876. The number of imidazole rings is 1. The van der Waals surface area contributed by atoms with Gasteiger partial charge < -0.3 is 10.7 Å². The van der Waals surface area contributed by atoms with Crippen molar-refractivity contribution in [3.05, 3.63) is 52.8 Å². The van der Waals surface area contributed by atoms with Crippen LogP contribution in [-0.2, 0) is 0 Å². The molecular formula is C14H17ClFN3. The number of aromatic nitrogens is 2. The molecule has 0 aliphatic rings. The van der Waals surface area contributed by atoms with Gasteiger partial charge in [-0.3, -0.25) is 0 Å². The summed E-state index contributed by atoms with van der Waals surface area (Å²) in [5.74, 6) is 0.733. The van der Waals surface area contributed by atoms with Gasteiger partial charge in [0.15, 0.2) is 0 Å². The molecule has 0 aliphatic heterocycles. The maximum absolute atomic E-state index is 13.4. The van der Waals surface area contributed by atoms with Crippen LogP contribution in [0.1, 0.15) is 43.1 Å². The van der Waals surface area contributed by atoms with Crippen LogP contribution in [0.4, 0.5) is 4.39 Å². The average molecular weight is 282 g/mol. The van der Waals surface area contributed by atoms with Crippen molar-refractivity contribution in [1.29, 1.82) is 0 Å². The highest BCUT2D eigenvalue weighted by atomic mass is 35.5. The summed E-state index contributed by atoms with van der Waals surface area (Å²) in [4.78, 5) is 7.36. The number of hydrogen-bond donors (Lipinski definition) is 2. The van der Waals surface area contributed by atoms with Gasteiger partial charge in [-0.1, -0.05) is 24.6 Å². The van der Waals surface area contributed by atoms with Gasteiger partial charge in [0.2, 0.25) is 0 Å². The highest BCUT2D eigenvalue weighted by Crippen LogP contribution is 2.28. The average Bonchev–Trinajstić information content (AvgIpc) is 2.92. The van der Waals surface area contributed by atoms with E-state index in [4.69, 9.17) is 17.3 Å². The summed E-state index contributed by atoms with van der Waals surface area (Å²) in [5, 5.41) is 0.119. The fraction of sp³-hybridized carbons (Fsp3) is 0.357. The van der Waals surface area contributed by atoms with E-state index in [2.05, 4.69) is 16.9 Å². The highest BCUT2D eigenvalue weighted by Gasteiger charge is 2.18. The lowest BCUT2D eigenvalue weighted by atomic mass is 9.93. The topological polar surface area (TPSA) is 54.7 Å². The molecule has 102 valence electrons. The van der Waals surface area contributed by atoms with E-state index in [-0.39, 0.29) is 17.0 Å². The predicted molar refractivity (Wildman–Crippen MR) is 74.6 cm³/mol. The van der Waals surface area contributed by atoms with Crippen molar-refractivity contribution in [1.82, 2.24) is 9.97 Å². The van der Waals surface area contributed by atoms with E-state index < -0.39 is 5.82 Å². The first-order valence-corrected chi connectivity index (χ1v) is 6.69. The summed E-state index contributed by atoms with van der Waals surface area (Å²) in [6, 6.07) is 4.48. The van der Waals surface area contributed by atoms with E-state index in [0.29, 0.717) is 6.42 Å². The van der Waals surface area contributed by atoms with Crippen LogP contribution in [0, 0.1) is 5.82 Å². The van der Waals surface area contributed by atoms with E-state index >= 15 is 0 Å². The van der Waals surface area contributed by atoms with Crippen LogP contribution >= 0.6 is 11.6 Å². The van der Waals surface area contributed by atoms with E-state index in [9.17, 15) is 4.39 Å². The first kappa shape index (κ1) is 14.0. The number of hydrogen-bond acceptors (Lipinski definition) is 2. The number of aromatic amines is 1. The minimum atomic E-state index is -0.430. The third-order valence-electron chi connectivity index (χ3n) is 3.31. The summed E-state index contributed by atoms with van der Waals surface area (Å²) in [6.45, 7) is 2.09. The second-order valence-electron chi connectivity index (χ2n) is 4.60. The largest absolute Gasteiger partial charge is 0.348 e. The van der Waals surface area contributed by atoms with Gasteiger partial charge in [-0.25, -0.2) is 9.37 Å². The van der Waals surface area contributed by atoms with Crippen LogP contribution in [0.25, 0.3) is 0 Å². The molecule has 2 unspecified atom stereocenters. The molecule has 2 aromatic rings. The molecule has 19 heavy (non-hydrogen) atoms. The summed E-state index contributed by atoms with van der Waals surface area (Å²) in [7, 11) is 0. The van der Waals surface area contributed by atoms with Gasteiger partial charge in [0.05, 0.1) is 5.02 Å². The molecule has 1 aromatic carbocycles. The van der Waals surface area contributed by atoms with Gasteiger partial charge >= 0.3 is 0 Å². The van der Waals surface area contributed by atoms with Crippen molar-refractivity contribution in [2.45, 2.75) is 31.7 Å². The first-order valence-electron chi connectivity index (χ1n) is 6.31. The Kier molecular flexibility index (Phi) is 4.56. The third kappa shape index (κ3) is 3.33. The fourth-order valence-corrected chi connectivity index (χ4v) is 2.28. The molecule has 1 heterocycles. The number of rotatable bonds is 5. The molecular weight excluding hydrogens is 265 g/mol. The number of H-pyrrole nitrogens is 1. The molecule has 0 fully saturated rings. The smallest absolute Gasteiger partial charge is 0.142 e. The molecule has 3 N–H and O–H groups in total. The van der Waals surface area contributed by atoms with Gasteiger partial charge in [-0.15, -0.1) is 0 Å². The van der Waals surface area contributed by atoms with Crippen LogP contribution in [0.3, 0.4) is 0 Å². The monoisotopic (exact) mass is 281 g/mol. The van der Waals surface area contributed by atoms with Crippen LogP contribution < -0.4 is 5.73 Å². The fourth-order valence-electron chi connectivity index (χ4n) is 2.16. The molecule has 0 spiro atoms. The molecule has 0 bridgehead atoms. The lowest BCUT2D eigenvalue weighted by molar-refractivity contribution is 0.510. The Labute approximate surface area is 117 Å². The number of nitrogens with one attached hydrogen (secondary N) is 1. The highest BCUT2D eigenvalue weighted by molar-refractivity contribution is 6.30. The molecule has 0 saturated heterocycles. The van der Waals surface area contributed by atoms with Crippen LogP contribution in [-0.4, -0.2) is 9.97 Å². The van der Waals surface area contributed by atoms with Crippen LogP contribution in [0.15, 0.2) is 30.6 Å². The van der Waals surface area contributed by atoms with Gasteiger partial charge in [0.25, 0.3) is 0 Å². The predicted octanol–water partition coefficient (Wildman–Crippen LogP) is 3.79. The molecule has 2 rings (SSSR count). The van der Waals surface area contributed by atoms with E-state index in [1.165, 1.54) is 6.07 Å². The molecule has 1 aromatic heterocycles. The Morgan fingerprint density at radius 3 is 2.84 bits per heavy atom. The van der Waals surface area contributed by atoms with Gasteiger partial charge in [-0.05, 0) is 30.5 Å². The summed E-state index contributed by atoms with van der Waals surface area (Å²) in [6.07, 6.45) is 5.17. The number of nitrogens with two attached hydrogens (primary N) is 1. The standard InChI is InChI=1S/C14H17ClFN3/c1-2-9(14-18-5-6-19-14)8-13(17)10-3-4-11(15)12(16)7-10/h3-7,9,13H,2,8,17H2,1H3,(H,18,19). The molecule has 0 amide bonds. The lowest BCUT2D eigenvalue weighted by Gasteiger charge is -2.18. The van der Waals surface area contributed by atoms with Crippen LogP contribution in [0.5, 0.6) is 0 Å². The molecule has 0 saturated carbocycles. The number of nitrogens with zero attached hydrogens (tertiary/aromatic N) is 1. The minimum absolute atomic E-state index is 0.119. The van der Waals surface area contributed by atoms with Crippen molar-refractivity contribution in [3.8, 4) is 0 Å². The SMILES string of the molecule is CCC(CC(N)c1ccc(Cl)c(F)c1)c1ncc[nH]1. The normalized spacial score (nSPS) is 14.3. The Morgan fingerprint density at radius 1 is 1.47 bits per heavy atom. The molecule has 5 heteroatoms. The molecule has 0 aliphatic carbocycles. The third-order valence-corrected chi connectivity index (χ3v) is 3.62. The van der Waals surface area contributed by atoms with Crippen molar-refractivity contribution < 1.29 is 4.39 Å². The van der Waals surface area contributed by atoms with Gasteiger partial charge in [-0.2, -0.15) is 0 Å². The van der Waals surface area contributed by atoms with Crippen molar-refractivity contribution in [2.75, 3.05) is 0 Å². The van der Waals surface area contributed by atoms with Crippen LogP contribution in [0.2, 0.25) is 5.02 Å². The Balaban J connectivity index is 2.11. The summed E-state index contributed by atoms with van der Waals surface area (Å²) < 4.78 is 13.4. The molecule has 2 atom stereocenters. The number of benzene rings is 1. The Bertz CT molecular complexity index is 527. The van der Waals surface area contributed by atoms with Gasteiger partial charge in [0.1, 0.15) is 11.6 Å². The second kappa shape index (κ2) is 6.17. The maximum Gasteiger partial charge on any atom is 0.142 e. The zero-order valence-corrected chi connectivity index (χ0v) is 11.5. The molecule has 3 nitrogen and oxygen atoms in total. The zero-order chi connectivity index (χ0) is 13.8. The van der Waals surface area contributed by atoms with Crippen molar-refractivity contribution in [3.63, 3.8) is 0 Å². The van der Waals surface area contributed by atoms with Crippen molar-refractivity contribution in [2.24, 2.45) is 5.73 Å². The van der Waals surface area contributed by atoms with E-state index in [1.54, 1.807) is 24.5 Å². The minimum Gasteiger partial charge on any atom is -0.348 e. The van der Waals surface area contributed by atoms with E-state index in [0.717, 1.165) is 17.8 Å². The maximum atomic E-state index is 13.4. The Morgan fingerprint density at radius 2 is 2.26 bits per heavy atom. The lowest BCUT2D eigenvalue weighted by Crippen LogP contribution is -2.15. The second-order valence-corrected chi connectivity index (χ2v) is 5.00. The van der Waals surface area contributed by atoms with Gasteiger partial charge in [0, 0.05) is 24.4 Å².